The van der Waals surface area contributed by atoms with Crippen LogP contribution < -0.4 is 10.1 Å². The first-order valence-electron chi connectivity index (χ1n) is 8.37. The third-order valence-corrected chi connectivity index (χ3v) is 3.95. The third-order valence-electron chi connectivity index (χ3n) is 3.95. The zero-order chi connectivity index (χ0) is 21.9. The number of halogens is 5. The zero-order valence-corrected chi connectivity index (χ0v) is 15.0. The Morgan fingerprint density at radius 2 is 1.83 bits per heavy atom. The van der Waals surface area contributed by atoms with Crippen molar-refractivity contribution in [2.75, 3.05) is 5.32 Å². The summed E-state index contributed by atoms with van der Waals surface area (Å²) >= 11 is 0. The van der Waals surface area contributed by atoms with Crippen LogP contribution in [0.1, 0.15) is 15.9 Å². The number of carboxylic acids is 1. The minimum Gasteiger partial charge on any atom is -0.478 e. The summed E-state index contributed by atoms with van der Waals surface area (Å²) in [4.78, 5) is 15.2. The molecule has 0 fully saturated rings. The van der Waals surface area contributed by atoms with Gasteiger partial charge in [0.1, 0.15) is 29.6 Å². The van der Waals surface area contributed by atoms with Crippen LogP contribution in [0, 0.1) is 5.82 Å². The van der Waals surface area contributed by atoms with Gasteiger partial charge in [0.15, 0.2) is 0 Å². The Labute approximate surface area is 166 Å². The van der Waals surface area contributed by atoms with Crippen LogP contribution in [0.5, 0.6) is 5.75 Å². The number of benzene rings is 2. The van der Waals surface area contributed by atoms with Crippen LogP contribution in [-0.2, 0) is 6.67 Å². The zero-order valence-electron chi connectivity index (χ0n) is 15.0. The van der Waals surface area contributed by atoms with Crippen molar-refractivity contribution in [1.82, 2.24) is 4.98 Å². The lowest BCUT2D eigenvalue weighted by Crippen LogP contribution is -2.17. The predicted octanol–water partition coefficient (Wildman–Crippen LogP) is 5.70. The van der Waals surface area contributed by atoms with Gasteiger partial charge in [-0.05, 0) is 41.5 Å². The monoisotopic (exact) mass is 424 g/mol. The number of ether oxygens (including phenoxy) is 1. The highest BCUT2D eigenvalue weighted by Crippen LogP contribution is 2.31. The maximum absolute atomic E-state index is 14.6. The second kappa shape index (κ2) is 8.36. The van der Waals surface area contributed by atoms with Gasteiger partial charge in [-0.25, -0.2) is 18.6 Å². The second-order valence-electron chi connectivity index (χ2n) is 6.07. The van der Waals surface area contributed by atoms with Crippen LogP contribution in [0.4, 0.5) is 33.5 Å². The molecule has 0 amide bonds. The molecule has 0 radical (unpaired) electrons. The average molecular weight is 424 g/mol. The van der Waals surface area contributed by atoms with Crippen LogP contribution >= 0.6 is 0 Å². The van der Waals surface area contributed by atoms with Gasteiger partial charge in [0.05, 0.1) is 5.69 Å². The van der Waals surface area contributed by atoms with Gasteiger partial charge in [0.25, 0.3) is 0 Å². The van der Waals surface area contributed by atoms with Crippen LogP contribution in [0.2, 0.25) is 0 Å². The molecule has 0 saturated heterocycles. The van der Waals surface area contributed by atoms with E-state index in [4.69, 9.17) is 0 Å². The molecule has 1 heterocycles. The highest BCUT2D eigenvalue weighted by Gasteiger charge is 2.31. The molecule has 0 atom stereocenters. The fourth-order valence-corrected chi connectivity index (χ4v) is 2.64. The Kier molecular flexibility index (Phi) is 5.86. The number of aromatic carboxylic acids is 1. The summed E-state index contributed by atoms with van der Waals surface area (Å²) in [6.07, 6.45) is -3.74. The predicted molar refractivity (Wildman–Crippen MR) is 97.8 cm³/mol. The molecule has 0 aliphatic rings. The van der Waals surface area contributed by atoms with E-state index in [0.717, 1.165) is 30.5 Å². The number of alkyl halides is 4. The van der Waals surface area contributed by atoms with Crippen LogP contribution in [-0.4, -0.2) is 22.4 Å². The molecule has 2 N–H and O–H groups in total. The number of pyridine rings is 1. The minimum atomic E-state index is -4.86. The van der Waals surface area contributed by atoms with Crippen LogP contribution in [0.25, 0.3) is 11.1 Å². The summed E-state index contributed by atoms with van der Waals surface area (Å²) in [6, 6.07) is 9.87. The van der Waals surface area contributed by atoms with Gasteiger partial charge in [0, 0.05) is 11.8 Å². The fourth-order valence-electron chi connectivity index (χ4n) is 2.64. The number of anilines is 2. The van der Waals surface area contributed by atoms with Gasteiger partial charge >= 0.3 is 12.3 Å². The van der Waals surface area contributed by atoms with Gasteiger partial charge in [0.2, 0.25) is 0 Å². The van der Waals surface area contributed by atoms with Crippen molar-refractivity contribution in [2.24, 2.45) is 0 Å². The number of nitrogens with one attached hydrogen (secondary N) is 1. The summed E-state index contributed by atoms with van der Waals surface area (Å²) in [5.74, 6) is -2.82. The molecule has 156 valence electrons. The van der Waals surface area contributed by atoms with Crippen molar-refractivity contribution >= 4 is 17.5 Å². The lowest BCUT2D eigenvalue weighted by molar-refractivity contribution is -0.274. The largest absolute Gasteiger partial charge is 0.573 e. The van der Waals surface area contributed by atoms with Crippen molar-refractivity contribution in [2.45, 2.75) is 13.0 Å². The van der Waals surface area contributed by atoms with E-state index in [1.807, 2.05) is 0 Å². The first-order valence-corrected chi connectivity index (χ1v) is 8.37. The number of rotatable bonds is 6. The lowest BCUT2D eigenvalue weighted by Gasteiger charge is -2.12. The number of carboxylic acid groups (broad SMARTS) is 1. The van der Waals surface area contributed by atoms with Crippen LogP contribution in [0.15, 0.2) is 54.7 Å². The molecular formula is C20H13F5N2O3. The average Bonchev–Trinajstić information content (AvgIpc) is 2.68. The van der Waals surface area contributed by atoms with Gasteiger partial charge in [-0.1, -0.05) is 18.2 Å². The minimum absolute atomic E-state index is 0.0507. The Morgan fingerprint density at radius 3 is 2.47 bits per heavy atom. The molecule has 0 aliphatic carbocycles. The Balaban J connectivity index is 1.88. The van der Waals surface area contributed by atoms with E-state index in [-0.39, 0.29) is 33.8 Å². The molecule has 0 saturated carbocycles. The molecule has 0 bridgehead atoms. The maximum atomic E-state index is 14.6. The quantitative estimate of drug-likeness (QED) is 0.497. The molecule has 30 heavy (non-hydrogen) atoms. The topological polar surface area (TPSA) is 71.5 Å². The smallest absolute Gasteiger partial charge is 0.478 e. The van der Waals surface area contributed by atoms with E-state index < -0.39 is 30.6 Å². The van der Waals surface area contributed by atoms with Crippen molar-refractivity contribution in [3.63, 3.8) is 0 Å². The van der Waals surface area contributed by atoms with E-state index in [1.54, 1.807) is 0 Å². The van der Waals surface area contributed by atoms with Gasteiger partial charge in [-0.2, -0.15) is 0 Å². The van der Waals surface area contributed by atoms with Gasteiger partial charge in [-0.15, -0.1) is 13.2 Å². The van der Waals surface area contributed by atoms with Crippen molar-refractivity contribution in [3.8, 4) is 16.9 Å². The fraction of sp³-hybridized carbons (Fsp3) is 0.100. The molecule has 0 spiro atoms. The number of aromatic nitrogens is 1. The van der Waals surface area contributed by atoms with E-state index in [9.17, 15) is 31.9 Å². The van der Waals surface area contributed by atoms with Crippen molar-refractivity contribution in [3.05, 3.63) is 71.7 Å². The molecule has 10 heteroatoms. The van der Waals surface area contributed by atoms with Crippen molar-refractivity contribution < 1.29 is 36.6 Å². The molecule has 0 aliphatic heterocycles. The molecular weight excluding hydrogens is 411 g/mol. The summed E-state index contributed by atoms with van der Waals surface area (Å²) < 4.78 is 68.3. The normalized spacial score (nSPS) is 11.2. The van der Waals surface area contributed by atoms with Gasteiger partial charge < -0.3 is 15.2 Å². The molecule has 2 aromatic carbocycles. The summed E-state index contributed by atoms with van der Waals surface area (Å²) in [6.45, 7) is -0.909. The van der Waals surface area contributed by atoms with Gasteiger partial charge in [-0.3, -0.25) is 0 Å². The number of nitrogens with zero attached hydrogens (tertiary/aromatic N) is 1. The van der Waals surface area contributed by atoms with E-state index in [1.165, 1.54) is 24.3 Å². The first-order chi connectivity index (χ1) is 14.2. The Bertz CT molecular complexity index is 1090. The number of hydrogen-bond donors (Lipinski definition) is 2. The van der Waals surface area contributed by atoms with Crippen molar-refractivity contribution in [1.29, 1.82) is 0 Å². The SMILES string of the molecule is O=C(O)c1cc(CF)cnc1Nc1ccc(-c2cccc(OC(F)(F)F)c2)cc1F. The number of carbonyl (C=O) groups is 1. The highest BCUT2D eigenvalue weighted by atomic mass is 19.4. The summed E-state index contributed by atoms with van der Waals surface area (Å²) in [5.41, 5.74) is 0.133. The number of hydrogen-bond acceptors (Lipinski definition) is 4. The Hall–Kier alpha value is -3.69. The van der Waals surface area contributed by atoms with E-state index in [0.29, 0.717) is 0 Å². The Morgan fingerprint density at radius 1 is 1.10 bits per heavy atom. The lowest BCUT2D eigenvalue weighted by atomic mass is 10.0. The van der Waals surface area contributed by atoms with Crippen LogP contribution in [0.3, 0.4) is 0 Å². The molecule has 3 rings (SSSR count). The van der Waals surface area contributed by atoms with E-state index in [2.05, 4.69) is 15.0 Å². The molecule has 0 unspecified atom stereocenters. The second-order valence-corrected chi connectivity index (χ2v) is 6.07. The molecule has 5 nitrogen and oxygen atoms in total. The first kappa shape index (κ1) is 21.0. The summed E-state index contributed by atoms with van der Waals surface area (Å²) in [7, 11) is 0. The highest BCUT2D eigenvalue weighted by molar-refractivity contribution is 5.94. The molecule has 1 aromatic heterocycles. The molecule has 3 aromatic rings. The standard InChI is InChI=1S/C20H13F5N2O3/c21-9-11-6-15(19(28)29)18(26-10-11)27-17-5-4-13(8-16(17)22)12-2-1-3-14(7-12)30-20(23,24)25/h1-8,10H,9H2,(H,26,27)(H,28,29). The summed E-state index contributed by atoms with van der Waals surface area (Å²) in [5, 5.41) is 11.8. The maximum Gasteiger partial charge on any atom is 0.573 e. The third kappa shape index (κ3) is 5.02. The van der Waals surface area contributed by atoms with E-state index >= 15 is 0 Å².